The molecule has 0 saturated carbocycles. The number of hydrogen-bond acceptors (Lipinski definition) is 4. The molecule has 2 aromatic rings. The number of carbonyl (C=O) groups excluding carboxylic acids is 1. The van der Waals surface area contributed by atoms with Crippen molar-refractivity contribution in [1.82, 2.24) is 9.62 Å². The Labute approximate surface area is 162 Å². The minimum Gasteiger partial charge on any atom is -0.497 e. The number of benzene rings is 2. The Morgan fingerprint density at radius 1 is 1.12 bits per heavy atom. The standard InChI is InChI=1S/C18H21BrN2O4S/c1-21(13-14-3-7-16(25-2)8-4-14)18(22)11-12-20-26(23,24)17-9-5-15(19)6-10-17/h3-10,20H,11-13H2,1-2H3. The van der Waals surface area contributed by atoms with E-state index in [1.807, 2.05) is 24.3 Å². The van der Waals surface area contributed by atoms with Crippen molar-refractivity contribution in [1.29, 1.82) is 0 Å². The van der Waals surface area contributed by atoms with Crippen LogP contribution in [-0.4, -0.2) is 39.9 Å². The van der Waals surface area contributed by atoms with Crippen LogP contribution in [0, 0.1) is 0 Å². The number of hydrogen-bond donors (Lipinski definition) is 1. The molecule has 0 bridgehead atoms. The SMILES string of the molecule is COc1ccc(CN(C)C(=O)CCNS(=O)(=O)c2ccc(Br)cc2)cc1. The molecule has 1 N–H and O–H groups in total. The van der Waals surface area contributed by atoms with Gasteiger partial charge in [0.15, 0.2) is 0 Å². The van der Waals surface area contributed by atoms with E-state index in [1.54, 1.807) is 31.2 Å². The van der Waals surface area contributed by atoms with Crippen molar-refractivity contribution in [2.75, 3.05) is 20.7 Å². The van der Waals surface area contributed by atoms with Crippen LogP contribution in [0.5, 0.6) is 5.75 Å². The molecule has 0 saturated heterocycles. The average Bonchev–Trinajstić information content (AvgIpc) is 2.62. The van der Waals surface area contributed by atoms with E-state index in [9.17, 15) is 13.2 Å². The summed E-state index contributed by atoms with van der Waals surface area (Å²) in [4.78, 5) is 13.9. The molecule has 0 radical (unpaired) electrons. The molecule has 0 fully saturated rings. The van der Waals surface area contributed by atoms with Gasteiger partial charge in [0.1, 0.15) is 5.75 Å². The van der Waals surface area contributed by atoms with E-state index in [1.165, 1.54) is 12.1 Å². The highest BCUT2D eigenvalue weighted by Crippen LogP contribution is 2.15. The Bertz CT molecular complexity index is 836. The van der Waals surface area contributed by atoms with Crippen LogP contribution in [0.3, 0.4) is 0 Å². The van der Waals surface area contributed by atoms with Gasteiger partial charge in [-0.2, -0.15) is 0 Å². The van der Waals surface area contributed by atoms with Crippen molar-refractivity contribution < 1.29 is 17.9 Å². The van der Waals surface area contributed by atoms with Gasteiger partial charge in [0, 0.05) is 31.0 Å². The van der Waals surface area contributed by atoms with Gasteiger partial charge in [0.05, 0.1) is 12.0 Å². The topological polar surface area (TPSA) is 75.7 Å². The number of sulfonamides is 1. The van der Waals surface area contributed by atoms with Crippen LogP contribution in [-0.2, 0) is 21.4 Å². The Morgan fingerprint density at radius 2 is 1.73 bits per heavy atom. The second kappa shape index (κ2) is 9.16. The van der Waals surface area contributed by atoms with Gasteiger partial charge in [-0.25, -0.2) is 13.1 Å². The third-order valence-corrected chi connectivity index (χ3v) is 5.77. The Morgan fingerprint density at radius 3 is 2.31 bits per heavy atom. The molecule has 0 aliphatic carbocycles. The molecular weight excluding hydrogens is 420 g/mol. The number of nitrogens with one attached hydrogen (secondary N) is 1. The summed E-state index contributed by atoms with van der Waals surface area (Å²) in [5, 5.41) is 0. The predicted molar refractivity (Wildman–Crippen MR) is 103 cm³/mol. The molecule has 2 rings (SSSR count). The smallest absolute Gasteiger partial charge is 0.240 e. The fraction of sp³-hybridized carbons (Fsp3) is 0.278. The van der Waals surface area contributed by atoms with E-state index in [0.717, 1.165) is 15.8 Å². The Balaban J connectivity index is 1.84. The van der Waals surface area contributed by atoms with Crippen molar-refractivity contribution >= 4 is 31.9 Å². The average molecular weight is 441 g/mol. The first-order valence-electron chi connectivity index (χ1n) is 7.94. The fourth-order valence-corrected chi connectivity index (χ4v) is 3.57. The van der Waals surface area contributed by atoms with Crippen molar-refractivity contribution in [3.8, 4) is 5.75 Å². The lowest BCUT2D eigenvalue weighted by Gasteiger charge is -2.17. The lowest BCUT2D eigenvalue weighted by atomic mass is 10.2. The summed E-state index contributed by atoms with van der Waals surface area (Å²) < 4.78 is 32.7. The highest BCUT2D eigenvalue weighted by molar-refractivity contribution is 9.10. The van der Waals surface area contributed by atoms with Crippen molar-refractivity contribution in [2.24, 2.45) is 0 Å². The van der Waals surface area contributed by atoms with E-state index in [-0.39, 0.29) is 23.8 Å². The molecule has 26 heavy (non-hydrogen) atoms. The molecule has 0 heterocycles. The van der Waals surface area contributed by atoms with Crippen LogP contribution >= 0.6 is 15.9 Å². The second-order valence-corrected chi connectivity index (χ2v) is 8.38. The molecule has 2 aromatic carbocycles. The molecule has 0 aliphatic heterocycles. The van der Waals surface area contributed by atoms with E-state index < -0.39 is 10.0 Å². The largest absolute Gasteiger partial charge is 0.497 e. The van der Waals surface area contributed by atoms with Crippen LogP contribution in [0.25, 0.3) is 0 Å². The first-order valence-corrected chi connectivity index (χ1v) is 10.2. The van der Waals surface area contributed by atoms with Gasteiger partial charge in [-0.05, 0) is 42.0 Å². The quantitative estimate of drug-likeness (QED) is 0.684. The maximum atomic E-state index is 12.2. The van der Waals surface area contributed by atoms with Crippen LogP contribution in [0.2, 0.25) is 0 Å². The summed E-state index contributed by atoms with van der Waals surface area (Å²) in [6.07, 6.45) is 0.0857. The molecule has 6 nitrogen and oxygen atoms in total. The number of ether oxygens (including phenoxy) is 1. The maximum Gasteiger partial charge on any atom is 0.240 e. The normalized spacial score (nSPS) is 11.2. The highest BCUT2D eigenvalue weighted by atomic mass is 79.9. The third-order valence-electron chi connectivity index (χ3n) is 3.76. The molecule has 1 amide bonds. The lowest BCUT2D eigenvalue weighted by molar-refractivity contribution is -0.130. The summed E-state index contributed by atoms with van der Waals surface area (Å²) >= 11 is 3.26. The first kappa shape index (κ1) is 20.4. The summed E-state index contributed by atoms with van der Waals surface area (Å²) in [7, 11) is -0.333. The molecule has 0 spiro atoms. The van der Waals surface area contributed by atoms with Crippen molar-refractivity contribution in [2.45, 2.75) is 17.9 Å². The number of nitrogens with zero attached hydrogens (tertiary/aromatic N) is 1. The number of methoxy groups -OCH3 is 1. The van der Waals surface area contributed by atoms with E-state index in [0.29, 0.717) is 6.54 Å². The minimum absolute atomic E-state index is 0.0458. The van der Waals surface area contributed by atoms with Gasteiger partial charge < -0.3 is 9.64 Å². The third kappa shape index (κ3) is 5.82. The van der Waals surface area contributed by atoms with E-state index >= 15 is 0 Å². The monoisotopic (exact) mass is 440 g/mol. The number of halogens is 1. The van der Waals surface area contributed by atoms with E-state index in [4.69, 9.17) is 4.74 Å². The van der Waals surface area contributed by atoms with Gasteiger partial charge in [-0.3, -0.25) is 4.79 Å². The lowest BCUT2D eigenvalue weighted by Crippen LogP contribution is -2.31. The van der Waals surface area contributed by atoms with Crippen molar-refractivity contribution in [3.63, 3.8) is 0 Å². The Kier molecular flexibility index (Phi) is 7.19. The van der Waals surface area contributed by atoms with Gasteiger partial charge in [-0.15, -0.1) is 0 Å². The van der Waals surface area contributed by atoms with Gasteiger partial charge in [-0.1, -0.05) is 28.1 Å². The molecule has 0 atom stereocenters. The minimum atomic E-state index is -3.62. The molecule has 0 aromatic heterocycles. The molecule has 8 heteroatoms. The number of carbonyl (C=O) groups is 1. The summed E-state index contributed by atoms with van der Waals surface area (Å²) in [5.41, 5.74) is 0.970. The predicted octanol–water partition coefficient (Wildman–Crippen LogP) is 2.78. The zero-order valence-electron chi connectivity index (χ0n) is 14.6. The first-order chi connectivity index (χ1) is 12.3. The fourth-order valence-electron chi connectivity index (χ4n) is 2.27. The van der Waals surface area contributed by atoms with Gasteiger partial charge in [0.2, 0.25) is 15.9 Å². The molecular formula is C18H21BrN2O4S. The zero-order chi connectivity index (χ0) is 19.2. The van der Waals surface area contributed by atoms with Crippen LogP contribution in [0.15, 0.2) is 57.9 Å². The number of amides is 1. The molecule has 140 valence electrons. The summed E-state index contributed by atoms with van der Waals surface area (Å²) in [5.74, 6) is 0.615. The summed E-state index contributed by atoms with van der Waals surface area (Å²) in [6.45, 7) is 0.493. The van der Waals surface area contributed by atoms with Crippen molar-refractivity contribution in [3.05, 3.63) is 58.6 Å². The van der Waals surface area contributed by atoms with Gasteiger partial charge in [0.25, 0.3) is 0 Å². The molecule has 0 unspecified atom stereocenters. The zero-order valence-corrected chi connectivity index (χ0v) is 17.0. The maximum absolute atomic E-state index is 12.2. The highest BCUT2D eigenvalue weighted by Gasteiger charge is 2.15. The van der Waals surface area contributed by atoms with Gasteiger partial charge >= 0.3 is 0 Å². The second-order valence-electron chi connectivity index (χ2n) is 5.70. The summed E-state index contributed by atoms with van der Waals surface area (Å²) in [6, 6.07) is 13.8. The van der Waals surface area contributed by atoms with Crippen LogP contribution in [0.1, 0.15) is 12.0 Å². The van der Waals surface area contributed by atoms with E-state index in [2.05, 4.69) is 20.7 Å². The Hall–Kier alpha value is -1.90. The van der Waals surface area contributed by atoms with Crippen LogP contribution in [0.4, 0.5) is 0 Å². The molecule has 0 aliphatic rings. The number of rotatable bonds is 8. The van der Waals surface area contributed by atoms with Crippen LogP contribution < -0.4 is 9.46 Å².